The molecule has 8 nitrogen and oxygen atoms in total. The summed E-state index contributed by atoms with van der Waals surface area (Å²) < 4.78 is 46.4. The standard InChI is InChI=1S/C37H38ClF2N3O5.BrH/c1-25(2)46-30-9-4-27(5-10-30)23-42-16-18-43(19-17-42)35(44)15-8-29-20-26(3)36(33(38)21-29)48-34-14-13-32(22-41-34)45-24-28-6-11-31(12-7-28)47-37(39)40;/h4-15,20-22,25,37H,16-19,23-24H2,1-3H3;1H/b15-8+;. The third kappa shape index (κ3) is 11.4. The van der Waals surface area contributed by atoms with Crippen molar-refractivity contribution >= 4 is 40.6 Å². The monoisotopic (exact) mass is 757 g/mol. The van der Waals surface area contributed by atoms with Gasteiger partial charge in [0.15, 0.2) is 5.75 Å². The zero-order chi connectivity index (χ0) is 34.0. The number of amides is 1. The topological polar surface area (TPSA) is 73.4 Å². The molecule has 49 heavy (non-hydrogen) atoms. The van der Waals surface area contributed by atoms with Crippen molar-refractivity contribution in [1.82, 2.24) is 14.8 Å². The van der Waals surface area contributed by atoms with Gasteiger partial charge >= 0.3 is 6.61 Å². The molecule has 0 saturated carbocycles. The second-order valence-corrected chi connectivity index (χ2v) is 12.0. The lowest BCUT2D eigenvalue weighted by Crippen LogP contribution is -2.47. The normalized spacial score (nSPS) is 13.4. The number of alkyl halides is 2. The van der Waals surface area contributed by atoms with Crippen LogP contribution >= 0.6 is 28.6 Å². The molecule has 0 bridgehead atoms. The first kappa shape index (κ1) is 37.6. The lowest BCUT2D eigenvalue weighted by molar-refractivity contribution is -0.127. The minimum atomic E-state index is -2.87. The summed E-state index contributed by atoms with van der Waals surface area (Å²) in [5.41, 5.74) is 3.57. The van der Waals surface area contributed by atoms with Crippen LogP contribution in [0.1, 0.15) is 36.1 Å². The second kappa shape index (κ2) is 18.0. The highest BCUT2D eigenvalue weighted by Gasteiger charge is 2.20. The molecule has 5 rings (SSSR count). The summed E-state index contributed by atoms with van der Waals surface area (Å²) in [6.45, 7) is 7.01. The molecule has 1 saturated heterocycles. The number of aromatic nitrogens is 1. The lowest BCUT2D eigenvalue weighted by atomic mass is 10.1. The Balaban J connectivity index is 0.00000541. The largest absolute Gasteiger partial charge is 0.491 e. The fraction of sp³-hybridized carbons (Fsp3) is 0.297. The van der Waals surface area contributed by atoms with Crippen LogP contribution in [-0.2, 0) is 17.9 Å². The molecule has 4 aromatic rings. The van der Waals surface area contributed by atoms with Crippen LogP contribution in [0.5, 0.6) is 28.9 Å². The predicted octanol–water partition coefficient (Wildman–Crippen LogP) is 8.74. The minimum absolute atomic E-state index is 0. The number of benzene rings is 3. The maximum absolute atomic E-state index is 12.9. The van der Waals surface area contributed by atoms with Crippen LogP contribution in [0.4, 0.5) is 8.78 Å². The lowest BCUT2D eigenvalue weighted by Gasteiger charge is -2.34. The average molecular weight is 759 g/mol. The molecule has 0 atom stereocenters. The fourth-order valence-electron chi connectivity index (χ4n) is 5.14. The predicted molar refractivity (Wildman–Crippen MR) is 191 cm³/mol. The highest BCUT2D eigenvalue weighted by molar-refractivity contribution is 8.93. The van der Waals surface area contributed by atoms with Crippen LogP contribution in [0.25, 0.3) is 6.08 Å². The van der Waals surface area contributed by atoms with E-state index in [0.717, 1.165) is 42.1 Å². The SMILES string of the molecule is Br.Cc1cc(/C=C/C(=O)N2CCN(Cc3ccc(OC(C)C)cc3)CC2)cc(Cl)c1Oc1ccc(OCc2ccc(OC(F)F)cc2)cn1. The van der Waals surface area contributed by atoms with Crippen molar-refractivity contribution in [3.8, 4) is 28.9 Å². The van der Waals surface area contributed by atoms with Crippen molar-refractivity contribution in [1.29, 1.82) is 0 Å². The van der Waals surface area contributed by atoms with Crippen LogP contribution in [0.15, 0.2) is 85.1 Å². The van der Waals surface area contributed by atoms with Crippen molar-refractivity contribution < 1.29 is 32.5 Å². The average Bonchev–Trinajstić information content (AvgIpc) is 3.06. The Hall–Kier alpha value is -4.19. The smallest absolute Gasteiger partial charge is 0.387 e. The first-order chi connectivity index (χ1) is 23.1. The number of aryl methyl sites for hydroxylation is 1. The van der Waals surface area contributed by atoms with Gasteiger partial charge in [0.05, 0.1) is 17.3 Å². The van der Waals surface area contributed by atoms with Crippen LogP contribution in [-0.4, -0.2) is 59.6 Å². The van der Waals surface area contributed by atoms with Crippen molar-refractivity contribution in [3.05, 3.63) is 112 Å². The Morgan fingerprint density at radius 1 is 0.898 bits per heavy atom. The van der Waals surface area contributed by atoms with E-state index in [1.165, 1.54) is 23.9 Å². The molecular formula is C37H39BrClF2N3O5. The number of hydrogen-bond acceptors (Lipinski definition) is 7. The Bertz CT molecular complexity index is 1660. The number of carbonyl (C=O) groups is 1. The van der Waals surface area contributed by atoms with Gasteiger partial charge < -0.3 is 23.8 Å². The molecule has 1 amide bonds. The zero-order valence-corrected chi connectivity index (χ0v) is 30.0. The molecule has 0 unspecified atom stereocenters. The Labute approximate surface area is 301 Å². The number of carbonyl (C=O) groups excluding carboxylic acids is 1. The van der Waals surface area contributed by atoms with Gasteiger partial charge in [0, 0.05) is 44.9 Å². The Morgan fingerprint density at radius 3 is 2.12 bits per heavy atom. The van der Waals surface area contributed by atoms with Crippen molar-refractivity contribution in [2.24, 2.45) is 0 Å². The molecule has 2 heterocycles. The minimum Gasteiger partial charge on any atom is -0.491 e. The summed E-state index contributed by atoms with van der Waals surface area (Å²) in [4.78, 5) is 21.5. The van der Waals surface area contributed by atoms with Gasteiger partial charge in [-0.05, 0) is 91.6 Å². The maximum atomic E-state index is 12.9. The van der Waals surface area contributed by atoms with Gasteiger partial charge in [-0.2, -0.15) is 8.78 Å². The van der Waals surface area contributed by atoms with Gasteiger partial charge in [-0.3, -0.25) is 9.69 Å². The summed E-state index contributed by atoms with van der Waals surface area (Å²) in [5, 5.41) is 0.390. The second-order valence-electron chi connectivity index (χ2n) is 11.6. The molecule has 0 spiro atoms. The van der Waals surface area contributed by atoms with E-state index >= 15 is 0 Å². The highest BCUT2D eigenvalue weighted by Crippen LogP contribution is 2.34. The Morgan fingerprint density at radius 2 is 1.53 bits per heavy atom. The molecule has 12 heteroatoms. The van der Waals surface area contributed by atoms with Gasteiger partial charge in [-0.25, -0.2) is 4.98 Å². The molecule has 0 aliphatic carbocycles. The fourth-order valence-corrected chi connectivity index (χ4v) is 5.45. The van der Waals surface area contributed by atoms with E-state index in [4.69, 9.17) is 25.8 Å². The summed E-state index contributed by atoms with van der Waals surface area (Å²) >= 11 is 6.58. The first-order valence-electron chi connectivity index (χ1n) is 15.7. The highest BCUT2D eigenvalue weighted by atomic mass is 79.9. The molecule has 0 N–H and O–H groups in total. The zero-order valence-electron chi connectivity index (χ0n) is 27.5. The summed E-state index contributed by atoms with van der Waals surface area (Å²) in [6.07, 6.45) is 5.02. The van der Waals surface area contributed by atoms with Crippen molar-refractivity contribution in [2.45, 2.75) is 46.6 Å². The number of hydrogen-bond donors (Lipinski definition) is 0. The molecule has 1 aliphatic rings. The van der Waals surface area contributed by atoms with Crippen molar-refractivity contribution in [2.75, 3.05) is 26.2 Å². The van der Waals surface area contributed by atoms with Gasteiger partial charge in [-0.15, -0.1) is 17.0 Å². The number of nitrogens with zero attached hydrogens (tertiary/aromatic N) is 3. The van der Waals surface area contributed by atoms with E-state index in [2.05, 4.69) is 26.8 Å². The van der Waals surface area contributed by atoms with Crippen molar-refractivity contribution in [3.63, 3.8) is 0 Å². The molecule has 0 radical (unpaired) electrons. The van der Waals surface area contributed by atoms with Gasteiger partial charge in [-0.1, -0.05) is 35.9 Å². The molecule has 260 valence electrons. The summed E-state index contributed by atoms with van der Waals surface area (Å²) in [6, 6.07) is 21.4. The third-order valence-electron chi connectivity index (χ3n) is 7.53. The number of halogens is 4. The summed E-state index contributed by atoms with van der Waals surface area (Å²) in [5.74, 6) is 2.21. The number of piperazine rings is 1. The number of ether oxygens (including phenoxy) is 4. The van der Waals surface area contributed by atoms with Crippen LogP contribution in [0, 0.1) is 6.92 Å². The molecular weight excluding hydrogens is 720 g/mol. The molecule has 1 aromatic heterocycles. The molecule has 3 aromatic carbocycles. The quantitative estimate of drug-likeness (QED) is 0.126. The van der Waals surface area contributed by atoms with E-state index < -0.39 is 6.61 Å². The molecule has 1 fully saturated rings. The Kier molecular flexibility index (Phi) is 13.8. The van der Waals surface area contributed by atoms with Crippen LogP contribution in [0.3, 0.4) is 0 Å². The van der Waals surface area contributed by atoms with Gasteiger partial charge in [0.2, 0.25) is 11.8 Å². The first-order valence-corrected chi connectivity index (χ1v) is 16.0. The van der Waals surface area contributed by atoms with Crippen LogP contribution < -0.4 is 18.9 Å². The van der Waals surface area contributed by atoms with E-state index in [1.807, 2.05) is 43.9 Å². The van der Waals surface area contributed by atoms with E-state index in [1.54, 1.807) is 42.5 Å². The van der Waals surface area contributed by atoms with Gasteiger partial charge in [0.1, 0.15) is 23.9 Å². The van der Waals surface area contributed by atoms with E-state index in [0.29, 0.717) is 35.5 Å². The third-order valence-corrected chi connectivity index (χ3v) is 7.81. The number of pyridine rings is 1. The van der Waals surface area contributed by atoms with E-state index in [9.17, 15) is 13.6 Å². The van der Waals surface area contributed by atoms with E-state index in [-0.39, 0.29) is 41.3 Å². The number of rotatable bonds is 13. The van der Waals surface area contributed by atoms with Gasteiger partial charge in [0.25, 0.3) is 0 Å². The maximum Gasteiger partial charge on any atom is 0.387 e. The summed E-state index contributed by atoms with van der Waals surface area (Å²) in [7, 11) is 0. The van der Waals surface area contributed by atoms with Crippen LogP contribution in [0.2, 0.25) is 5.02 Å². The molecule has 1 aliphatic heterocycles.